The van der Waals surface area contributed by atoms with Crippen LogP contribution in [-0.4, -0.2) is 49.3 Å². The number of hydrogen-bond donors (Lipinski definition) is 2. The van der Waals surface area contributed by atoms with Gasteiger partial charge in [-0.15, -0.1) is 0 Å². The molecular formula is C43H76NO8P. The predicted octanol–water partition coefficient (Wildman–Crippen LogP) is 11.7. The van der Waals surface area contributed by atoms with E-state index in [1.807, 2.05) is 6.08 Å². The summed E-state index contributed by atoms with van der Waals surface area (Å²) in [6.07, 6.45) is 45.4. The van der Waals surface area contributed by atoms with Gasteiger partial charge in [-0.1, -0.05) is 164 Å². The summed E-state index contributed by atoms with van der Waals surface area (Å²) in [5, 5.41) is 0. The Morgan fingerprint density at radius 1 is 0.585 bits per heavy atom. The zero-order valence-corrected chi connectivity index (χ0v) is 34.4. The first-order valence-corrected chi connectivity index (χ1v) is 22.3. The Hall–Kier alpha value is -2.29. The first-order chi connectivity index (χ1) is 25.8. The lowest BCUT2D eigenvalue weighted by Gasteiger charge is -2.19. The normalized spacial score (nSPS) is 14.0. The molecule has 0 aliphatic rings. The fourth-order valence-corrected chi connectivity index (χ4v) is 6.14. The molecule has 0 bridgehead atoms. The quantitative estimate of drug-likeness (QED) is 0.0272. The van der Waals surface area contributed by atoms with Crippen LogP contribution >= 0.6 is 7.82 Å². The van der Waals surface area contributed by atoms with Crippen LogP contribution in [0.4, 0.5) is 0 Å². The molecule has 0 amide bonds. The summed E-state index contributed by atoms with van der Waals surface area (Å²) in [6.45, 7) is 3.55. The lowest BCUT2D eigenvalue weighted by Crippen LogP contribution is -2.29. The number of carbonyl (C=O) groups excluding carboxylic acids is 2. The number of nitrogens with two attached hydrogens (primary N) is 1. The van der Waals surface area contributed by atoms with Gasteiger partial charge in [-0.05, 0) is 51.4 Å². The number of phosphoric acid groups is 1. The van der Waals surface area contributed by atoms with Crippen molar-refractivity contribution in [3.8, 4) is 0 Å². The van der Waals surface area contributed by atoms with Gasteiger partial charge in [0.2, 0.25) is 0 Å². The standard InChI is InChI=1S/C43H76NO8P/c1-3-5-7-9-11-13-15-17-19-20-22-23-25-27-29-31-33-35-42(45)49-39-41(40-51-53(47,48)50-38-37-44)52-43(46)36-34-32-30-28-26-24-21-18-16-14-12-10-8-6-4-2/h5,7,11,13,17,19,22-23,27,29,41H,3-4,6,8-10,12,14-16,18,20-21,24-26,28,30-40,44H2,1-2H3,(H,47,48)/t41-/m1/s1. The number of carbonyl (C=O) groups is 2. The Morgan fingerprint density at radius 3 is 1.53 bits per heavy atom. The monoisotopic (exact) mass is 766 g/mol. The van der Waals surface area contributed by atoms with E-state index in [4.69, 9.17) is 24.3 Å². The van der Waals surface area contributed by atoms with Gasteiger partial charge in [0.1, 0.15) is 6.61 Å². The van der Waals surface area contributed by atoms with Crippen LogP contribution in [0.5, 0.6) is 0 Å². The molecule has 0 aliphatic heterocycles. The third-order valence-corrected chi connectivity index (χ3v) is 9.40. The zero-order chi connectivity index (χ0) is 38.9. The van der Waals surface area contributed by atoms with Crippen molar-refractivity contribution in [3.05, 3.63) is 60.8 Å². The van der Waals surface area contributed by atoms with E-state index in [1.54, 1.807) is 0 Å². The van der Waals surface area contributed by atoms with Gasteiger partial charge >= 0.3 is 19.8 Å². The molecule has 0 heterocycles. The SMILES string of the molecule is CCC=CCC=CCC=CCC=CCC=CCCCC(=O)OC[C@H](COP(=O)(O)OCCN)OC(=O)CCCCCCCCCCCCCCCCC. The van der Waals surface area contributed by atoms with Crippen LogP contribution in [-0.2, 0) is 32.7 Å². The maximum Gasteiger partial charge on any atom is 0.472 e. The Balaban J connectivity index is 4.27. The predicted molar refractivity (Wildman–Crippen MR) is 219 cm³/mol. The topological polar surface area (TPSA) is 134 Å². The molecule has 0 saturated heterocycles. The Labute approximate surface area is 323 Å². The second-order valence-electron chi connectivity index (χ2n) is 13.5. The highest BCUT2D eigenvalue weighted by Gasteiger charge is 2.25. The van der Waals surface area contributed by atoms with Crippen LogP contribution in [0.3, 0.4) is 0 Å². The Kier molecular flexibility index (Phi) is 37.7. The number of esters is 2. The first kappa shape index (κ1) is 50.7. The molecular weight excluding hydrogens is 689 g/mol. The van der Waals surface area contributed by atoms with Crippen LogP contribution in [0.15, 0.2) is 60.8 Å². The smallest absolute Gasteiger partial charge is 0.462 e. The second-order valence-corrected chi connectivity index (χ2v) is 14.9. The van der Waals surface area contributed by atoms with E-state index < -0.39 is 32.5 Å². The fourth-order valence-electron chi connectivity index (χ4n) is 5.38. The average molecular weight is 766 g/mol. The molecule has 10 heteroatoms. The minimum Gasteiger partial charge on any atom is -0.462 e. The summed E-state index contributed by atoms with van der Waals surface area (Å²) in [5.74, 6) is -0.897. The molecule has 2 atom stereocenters. The van der Waals surface area contributed by atoms with E-state index in [0.717, 1.165) is 57.8 Å². The zero-order valence-electron chi connectivity index (χ0n) is 33.5. The largest absolute Gasteiger partial charge is 0.472 e. The number of hydrogen-bond acceptors (Lipinski definition) is 8. The summed E-state index contributed by atoms with van der Waals surface area (Å²) in [4.78, 5) is 34.8. The average Bonchev–Trinajstić information content (AvgIpc) is 3.14. The Bertz CT molecular complexity index is 1050. The molecule has 0 fully saturated rings. The van der Waals surface area contributed by atoms with Crippen molar-refractivity contribution >= 4 is 19.8 Å². The minimum atomic E-state index is -4.39. The van der Waals surface area contributed by atoms with Crippen molar-refractivity contribution in [3.63, 3.8) is 0 Å². The molecule has 0 aromatic rings. The van der Waals surface area contributed by atoms with Gasteiger partial charge in [0.05, 0.1) is 13.2 Å². The number of allylic oxidation sites excluding steroid dienone is 10. The van der Waals surface area contributed by atoms with Crippen molar-refractivity contribution in [2.24, 2.45) is 5.73 Å². The highest BCUT2D eigenvalue weighted by Crippen LogP contribution is 2.43. The van der Waals surface area contributed by atoms with E-state index in [0.29, 0.717) is 12.8 Å². The first-order valence-electron chi connectivity index (χ1n) is 20.8. The molecule has 0 rings (SSSR count). The van der Waals surface area contributed by atoms with E-state index in [9.17, 15) is 19.0 Å². The minimum absolute atomic E-state index is 0.0445. The summed E-state index contributed by atoms with van der Waals surface area (Å²) in [7, 11) is -4.39. The molecule has 9 nitrogen and oxygen atoms in total. The molecule has 306 valence electrons. The number of rotatable bonds is 38. The maximum atomic E-state index is 12.6. The van der Waals surface area contributed by atoms with Crippen molar-refractivity contribution in [1.29, 1.82) is 0 Å². The highest BCUT2D eigenvalue weighted by molar-refractivity contribution is 7.47. The van der Waals surface area contributed by atoms with Crippen molar-refractivity contribution < 1.29 is 37.6 Å². The molecule has 0 aromatic heterocycles. The van der Waals surface area contributed by atoms with Crippen molar-refractivity contribution in [1.82, 2.24) is 0 Å². The second kappa shape index (κ2) is 39.4. The van der Waals surface area contributed by atoms with Gasteiger partial charge in [-0.3, -0.25) is 18.6 Å². The molecule has 0 radical (unpaired) electrons. The summed E-state index contributed by atoms with van der Waals surface area (Å²) >= 11 is 0. The van der Waals surface area contributed by atoms with Crippen LogP contribution in [0.2, 0.25) is 0 Å². The van der Waals surface area contributed by atoms with Gasteiger partial charge in [0.15, 0.2) is 6.10 Å². The maximum absolute atomic E-state index is 12.6. The molecule has 0 saturated carbocycles. The van der Waals surface area contributed by atoms with Crippen molar-refractivity contribution in [2.45, 2.75) is 174 Å². The number of phosphoric ester groups is 1. The van der Waals surface area contributed by atoms with Gasteiger partial charge < -0.3 is 20.1 Å². The van der Waals surface area contributed by atoms with E-state index >= 15 is 0 Å². The summed E-state index contributed by atoms with van der Waals surface area (Å²) in [5.41, 5.74) is 5.34. The van der Waals surface area contributed by atoms with Gasteiger partial charge in [0, 0.05) is 19.4 Å². The van der Waals surface area contributed by atoms with Crippen LogP contribution < -0.4 is 5.73 Å². The van der Waals surface area contributed by atoms with Crippen LogP contribution in [0.1, 0.15) is 168 Å². The lowest BCUT2D eigenvalue weighted by atomic mass is 10.0. The van der Waals surface area contributed by atoms with Crippen LogP contribution in [0.25, 0.3) is 0 Å². The molecule has 3 N–H and O–H groups in total. The number of ether oxygens (including phenoxy) is 2. The van der Waals surface area contributed by atoms with Crippen molar-refractivity contribution in [2.75, 3.05) is 26.4 Å². The Morgan fingerprint density at radius 2 is 1.04 bits per heavy atom. The van der Waals surface area contributed by atoms with Crippen LogP contribution in [0, 0.1) is 0 Å². The van der Waals surface area contributed by atoms with Gasteiger partial charge in [0.25, 0.3) is 0 Å². The molecule has 53 heavy (non-hydrogen) atoms. The number of unbranched alkanes of at least 4 members (excludes halogenated alkanes) is 15. The van der Waals surface area contributed by atoms with Gasteiger partial charge in [-0.2, -0.15) is 0 Å². The van der Waals surface area contributed by atoms with E-state index in [2.05, 4.69) is 68.5 Å². The highest BCUT2D eigenvalue weighted by atomic mass is 31.2. The molecule has 0 spiro atoms. The molecule has 0 aliphatic carbocycles. The summed E-state index contributed by atoms with van der Waals surface area (Å²) < 4.78 is 32.7. The van der Waals surface area contributed by atoms with Gasteiger partial charge in [-0.25, -0.2) is 4.57 Å². The summed E-state index contributed by atoms with van der Waals surface area (Å²) in [6, 6.07) is 0. The van der Waals surface area contributed by atoms with E-state index in [1.165, 1.54) is 70.6 Å². The fraction of sp³-hybridized carbons (Fsp3) is 0.721. The lowest BCUT2D eigenvalue weighted by molar-refractivity contribution is -0.161. The third-order valence-electron chi connectivity index (χ3n) is 8.42. The molecule has 1 unspecified atom stereocenters. The third kappa shape index (κ3) is 39.2. The molecule has 0 aromatic carbocycles. The van der Waals surface area contributed by atoms with E-state index in [-0.39, 0.29) is 32.6 Å².